The van der Waals surface area contributed by atoms with Gasteiger partial charge in [-0.25, -0.2) is 9.97 Å². The number of aromatic nitrogens is 2. The molecule has 3 rings (SSSR count). The second-order valence-corrected chi connectivity index (χ2v) is 7.21. The van der Waals surface area contributed by atoms with Gasteiger partial charge in [0, 0.05) is 30.8 Å². The maximum absolute atomic E-state index is 12.5. The highest BCUT2D eigenvalue weighted by molar-refractivity contribution is 6.31. The molecule has 6 heteroatoms. The van der Waals surface area contributed by atoms with Crippen molar-refractivity contribution in [1.82, 2.24) is 9.97 Å². The number of rotatable bonds is 7. The van der Waals surface area contributed by atoms with Gasteiger partial charge >= 0.3 is 0 Å². The molecule has 1 aliphatic carbocycles. The largest absolute Gasteiger partial charge is 0.379 e. The summed E-state index contributed by atoms with van der Waals surface area (Å²) in [6.07, 6.45) is 3.89. The summed E-state index contributed by atoms with van der Waals surface area (Å²) < 4.78 is 5.52. The summed E-state index contributed by atoms with van der Waals surface area (Å²) in [7, 11) is 0. The number of ether oxygens (including phenoxy) is 1. The molecular formula is C20H24ClN3O2. The van der Waals surface area contributed by atoms with Gasteiger partial charge < -0.3 is 10.1 Å². The minimum Gasteiger partial charge on any atom is -0.379 e. The molecule has 0 aliphatic heterocycles. The third-order valence-corrected chi connectivity index (χ3v) is 4.78. The first-order chi connectivity index (χ1) is 12.5. The number of Topliss-reactive ketones (excluding diaryl/α,β-unsaturated/α-hetero) is 1. The van der Waals surface area contributed by atoms with Gasteiger partial charge in [-0.05, 0) is 44.2 Å². The molecule has 0 saturated heterocycles. The first-order valence-electron chi connectivity index (χ1n) is 9.03. The number of halogens is 1. The lowest BCUT2D eigenvalue weighted by molar-refractivity contribution is 0.0787. The summed E-state index contributed by atoms with van der Waals surface area (Å²) in [6.45, 7) is 5.47. The van der Waals surface area contributed by atoms with Crippen LogP contribution >= 0.6 is 11.6 Å². The molecule has 1 atom stereocenters. The van der Waals surface area contributed by atoms with E-state index in [0.717, 1.165) is 24.2 Å². The first kappa shape index (κ1) is 18.8. The van der Waals surface area contributed by atoms with Gasteiger partial charge in [0.05, 0.1) is 17.4 Å². The second kappa shape index (κ2) is 8.60. The molecule has 0 unspecified atom stereocenters. The van der Waals surface area contributed by atoms with Crippen LogP contribution in [-0.2, 0) is 11.2 Å². The number of nitrogens with one attached hydrogen (secondary N) is 1. The van der Waals surface area contributed by atoms with Gasteiger partial charge in [-0.15, -0.1) is 0 Å². The number of ketones is 1. The molecule has 1 aromatic heterocycles. The van der Waals surface area contributed by atoms with Gasteiger partial charge in [-0.3, -0.25) is 4.79 Å². The van der Waals surface area contributed by atoms with Gasteiger partial charge in [0.1, 0.15) is 0 Å². The molecule has 0 amide bonds. The lowest BCUT2D eigenvalue weighted by Crippen LogP contribution is -2.22. The van der Waals surface area contributed by atoms with Crippen LogP contribution in [0.4, 0.5) is 5.95 Å². The third-order valence-electron chi connectivity index (χ3n) is 4.44. The number of anilines is 1. The van der Waals surface area contributed by atoms with Crippen LogP contribution in [0.3, 0.4) is 0 Å². The van der Waals surface area contributed by atoms with Crippen LogP contribution in [0, 0.1) is 0 Å². The van der Waals surface area contributed by atoms with E-state index in [4.69, 9.17) is 16.3 Å². The quantitative estimate of drug-likeness (QED) is 0.734. The number of hydrogen-bond donors (Lipinski definition) is 1. The zero-order valence-corrected chi connectivity index (χ0v) is 15.9. The first-order valence-corrected chi connectivity index (χ1v) is 9.41. The smallest absolute Gasteiger partial charge is 0.222 e. The van der Waals surface area contributed by atoms with Crippen molar-refractivity contribution in [3.8, 4) is 0 Å². The Morgan fingerprint density at radius 3 is 2.88 bits per heavy atom. The molecule has 26 heavy (non-hydrogen) atoms. The topological polar surface area (TPSA) is 64.1 Å². The zero-order chi connectivity index (χ0) is 18.5. The molecule has 1 aliphatic rings. The Labute approximate surface area is 159 Å². The lowest BCUT2D eigenvalue weighted by atomic mass is 9.82. The van der Waals surface area contributed by atoms with E-state index in [2.05, 4.69) is 15.3 Å². The molecule has 1 heterocycles. The van der Waals surface area contributed by atoms with E-state index >= 15 is 0 Å². The van der Waals surface area contributed by atoms with E-state index < -0.39 is 0 Å². The minimum absolute atomic E-state index is 0.0610. The third kappa shape index (κ3) is 4.59. The molecule has 5 nitrogen and oxygen atoms in total. The number of carbonyl (C=O) groups excluding carboxylic acids is 1. The lowest BCUT2D eigenvalue weighted by Gasteiger charge is -2.24. The van der Waals surface area contributed by atoms with E-state index in [1.807, 2.05) is 38.1 Å². The Morgan fingerprint density at radius 1 is 1.31 bits per heavy atom. The van der Waals surface area contributed by atoms with Gasteiger partial charge in [-0.2, -0.15) is 0 Å². The van der Waals surface area contributed by atoms with E-state index in [0.29, 0.717) is 36.0 Å². The molecule has 2 aromatic rings. The Morgan fingerprint density at radius 2 is 2.12 bits per heavy atom. The zero-order valence-electron chi connectivity index (χ0n) is 15.2. The minimum atomic E-state index is 0.0610. The standard InChI is InChI=1S/C20H24ClN3O2/c1-13(2)26-9-5-8-22-20-23-12-16-18(24-20)10-14(11-19(16)25)15-6-3-4-7-17(15)21/h3-4,6-7,12-14H,5,8-11H2,1-2H3,(H,22,23,24)/t14-/m1/s1. The predicted octanol–water partition coefficient (Wildman–Crippen LogP) is 4.27. The van der Waals surface area contributed by atoms with Crippen LogP contribution in [0.15, 0.2) is 30.5 Å². The maximum Gasteiger partial charge on any atom is 0.222 e. The molecule has 1 N–H and O–H groups in total. The fourth-order valence-corrected chi connectivity index (χ4v) is 3.44. The van der Waals surface area contributed by atoms with Crippen molar-refractivity contribution >= 4 is 23.3 Å². The van der Waals surface area contributed by atoms with Crippen molar-refractivity contribution < 1.29 is 9.53 Å². The van der Waals surface area contributed by atoms with Crippen molar-refractivity contribution in [1.29, 1.82) is 0 Å². The Bertz CT molecular complexity index is 779. The van der Waals surface area contributed by atoms with Crippen molar-refractivity contribution in [3.05, 3.63) is 52.3 Å². The SMILES string of the molecule is CC(C)OCCCNc1ncc2c(n1)C[C@@H](c1ccccc1Cl)CC2=O. The Balaban J connectivity index is 1.67. The van der Waals surface area contributed by atoms with Crippen molar-refractivity contribution in [2.45, 2.75) is 45.1 Å². The average Bonchev–Trinajstić information content (AvgIpc) is 2.61. The predicted molar refractivity (Wildman–Crippen MR) is 103 cm³/mol. The monoisotopic (exact) mass is 373 g/mol. The number of benzene rings is 1. The molecule has 0 spiro atoms. The highest BCUT2D eigenvalue weighted by Crippen LogP contribution is 2.35. The highest BCUT2D eigenvalue weighted by Gasteiger charge is 2.29. The van der Waals surface area contributed by atoms with E-state index in [-0.39, 0.29) is 17.8 Å². The molecule has 1 aromatic carbocycles. The van der Waals surface area contributed by atoms with E-state index in [9.17, 15) is 4.79 Å². The normalized spacial score (nSPS) is 16.6. The van der Waals surface area contributed by atoms with Crippen LogP contribution in [0.2, 0.25) is 5.02 Å². The summed E-state index contributed by atoms with van der Waals surface area (Å²) in [5.74, 6) is 0.694. The molecular weight excluding hydrogens is 350 g/mol. The van der Waals surface area contributed by atoms with Crippen LogP contribution in [0.25, 0.3) is 0 Å². The fourth-order valence-electron chi connectivity index (χ4n) is 3.15. The van der Waals surface area contributed by atoms with Crippen LogP contribution in [0.5, 0.6) is 0 Å². The van der Waals surface area contributed by atoms with Crippen molar-refractivity contribution in [3.63, 3.8) is 0 Å². The van der Waals surface area contributed by atoms with Gasteiger partial charge in [0.15, 0.2) is 5.78 Å². The van der Waals surface area contributed by atoms with Crippen LogP contribution < -0.4 is 5.32 Å². The summed E-state index contributed by atoms with van der Waals surface area (Å²) in [5, 5.41) is 3.91. The second-order valence-electron chi connectivity index (χ2n) is 6.80. The fraction of sp³-hybridized carbons (Fsp3) is 0.450. The Kier molecular flexibility index (Phi) is 6.22. The molecule has 138 valence electrons. The Hall–Kier alpha value is -1.98. The molecule has 0 fully saturated rings. The van der Waals surface area contributed by atoms with E-state index in [1.165, 1.54) is 0 Å². The average molecular weight is 374 g/mol. The van der Waals surface area contributed by atoms with Crippen LogP contribution in [0.1, 0.15) is 54.2 Å². The summed E-state index contributed by atoms with van der Waals surface area (Å²) in [6, 6.07) is 7.70. The van der Waals surface area contributed by atoms with Crippen molar-refractivity contribution in [2.75, 3.05) is 18.5 Å². The van der Waals surface area contributed by atoms with Crippen LogP contribution in [-0.4, -0.2) is 35.0 Å². The molecule has 0 radical (unpaired) electrons. The highest BCUT2D eigenvalue weighted by atomic mass is 35.5. The number of nitrogens with zero attached hydrogens (tertiary/aromatic N) is 2. The number of carbonyl (C=O) groups is 1. The summed E-state index contributed by atoms with van der Waals surface area (Å²) in [5.41, 5.74) is 2.43. The van der Waals surface area contributed by atoms with Gasteiger partial charge in [0.2, 0.25) is 5.95 Å². The summed E-state index contributed by atoms with van der Waals surface area (Å²) in [4.78, 5) is 21.4. The van der Waals surface area contributed by atoms with Crippen molar-refractivity contribution in [2.24, 2.45) is 0 Å². The number of hydrogen-bond acceptors (Lipinski definition) is 5. The van der Waals surface area contributed by atoms with Gasteiger partial charge in [0.25, 0.3) is 0 Å². The maximum atomic E-state index is 12.5. The molecule has 0 bridgehead atoms. The summed E-state index contributed by atoms with van der Waals surface area (Å²) >= 11 is 6.32. The van der Waals surface area contributed by atoms with E-state index in [1.54, 1.807) is 6.20 Å². The van der Waals surface area contributed by atoms with Gasteiger partial charge in [-0.1, -0.05) is 29.8 Å². The number of fused-ring (bicyclic) bond motifs is 1. The molecule has 0 saturated carbocycles.